The van der Waals surface area contributed by atoms with Crippen LogP contribution >= 0.6 is 0 Å². The predicted octanol–water partition coefficient (Wildman–Crippen LogP) is 19.7. The molecule has 0 heterocycles. The standard InChI is InChI=1S/C70H121NO8/c1-6-8-10-12-14-16-18-20-22-24-26-28-29-30-31-32-33-34-35-36-37-38-39-41-43-45-47-49-51-53-55-57-59-61-68(73)79-66(65-78-70(69(74)75)76-63-62-71(3,4)5)64-77-67(72)60-58-56-54-52-50-48-46-44-42-40-27-25-23-21-19-17-15-13-11-9-7-2/h8-11,14-17,20-23,26-28,40,66,70H,6-7,12-13,18-19,24-25,29-39,41-65H2,1-5H3/p+1/b10-8-,11-9-,16-14-,17-15-,22-20-,23-21-,28-26-,40-27-. The van der Waals surface area contributed by atoms with Crippen LogP contribution < -0.4 is 0 Å². The maximum absolute atomic E-state index is 12.9. The first-order valence-electron chi connectivity index (χ1n) is 32.4. The van der Waals surface area contributed by atoms with Crippen LogP contribution in [0.2, 0.25) is 0 Å². The highest BCUT2D eigenvalue weighted by Gasteiger charge is 2.25. The van der Waals surface area contributed by atoms with Gasteiger partial charge in [-0.05, 0) is 89.9 Å². The normalized spacial score (nSPS) is 13.4. The van der Waals surface area contributed by atoms with Crippen LogP contribution in [0.15, 0.2) is 97.2 Å². The van der Waals surface area contributed by atoms with Gasteiger partial charge >= 0.3 is 17.9 Å². The zero-order valence-electron chi connectivity index (χ0n) is 51.8. The third-order valence-electron chi connectivity index (χ3n) is 13.8. The fourth-order valence-electron chi connectivity index (χ4n) is 8.94. The smallest absolute Gasteiger partial charge is 0.361 e. The number of carbonyl (C=O) groups excluding carboxylic acids is 2. The number of carboxylic acids is 1. The third-order valence-corrected chi connectivity index (χ3v) is 13.8. The van der Waals surface area contributed by atoms with Crippen molar-refractivity contribution in [3.8, 4) is 0 Å². The lowest BCUT2D eigenvalue weighted by Gasteiger charge is -2.25. The zero-order chi connectivity index (χ0) is 57.6. The van der Waals surface area contributed by atoms with Crippen molar-refractivity contribution in [1.82, 2.24) is 0 Å². The summed E-state index contributed by atoms with van der Waals surface area (Å²) in [7, 11) is 5.97. The molecule has 0 aliphatic heterocycles. The first kappa shape index (κ1) is 75.2. The minimum absolute atomic E-state index is 0.184. The van der Waals surface area contributed by atoms with Gasteiger partial charge in [0.25, 0.3) is 6.29 Å². The Morgan fingerprint density at radius 2 is 0.684 bits per heavy atom. The second-order valence-corrected chi connectivity index (χ2v) is 22.7. The van der Waals surface area contributed by atoms with E-state index in [1.54, 1.807) is 0 Å². The van der Waals surface area contributed by atoms with Crippen molar-refractivity contribution in [2.45, 2.75) is 283 Å². The summed E-state index contributed by atoms with van der Waals surface area (Å²) in [5.74, 6) is -2.01. The van der Waals surface area contributed by atoms with Crippen LogP contribution in [0.25, 0.3) is 0 Å². The Bertz CT molecular complexity index is 1620. The highest BCUT2D eigenvalue weighted by Crippen LogP contribution is 2.17. The molecule has 0 aromatic rings. The SMILES string of the molecule is CC/C=C\C/C=C\C/C=C\C/C=C\CCCCCCCCCCCCCCCCCCCCCCC(=O)OC(COC(=O)CCCCCCCCCC/C=C\C/C=C\C/C=C\C/C=C\CC)COC(OCC[N+](C)(C)C)C(=O)O. The minimum Gasteiger partial charge on any atom is -0.477 e. The molecule has 1 N–H and O–H groups in total. The molecule has 454 valence electrons. The fraction of sp³-hybridized carbons (Fsp3) is 0.729. The molecule has 0 aliphatic rings. The van der Waals surface area contributed by atoms with Gasteiger partial charge in [-0.15, -0.1) is 0 Å². The largest absolute Gasteiger partial charge is 0.477 e. The van der Waals surface area contributed by atoms with Gasteiger partial charge in [0.15, 0.2) is 6.10 Å². The van der Waals surface area contributed by atoms with E-state index in [0.717, 1.165) is 103 Å². The van der Waals surface area contributed by atoms with E-state index >= 15 is 0 Å². The number of hydrogen-bond donors (Lipinski definition) is 1. The first-order chi connectivity index (χ1) is 38.6. The predicted molar refractivity (Wildman–Crippen MR) is 336 cm³/mol. The summed E-state index contributed by atoms with van der Waals surface area (Å²) in [6.45, 7) is 4.66. The van der Waals surface area contributed by atoms with E-state index in [2.05, 4.69) is 111 Å². The average molecular weight is 1110 g/mol. The molecule has 9 nitrogen and oxygen atoms in total. The molecular formula is C70H122NO8+. The van der Waals surface area contributed by atoms with Crippen molar-refractivity contribution in [3.05, 3.63) is 97.2 Å². The quantitative estimate of drug-likeness (QED) is 0.0211. The fourth-order valence-corrected chi connectivity index (χ4v) is 8.94. The van der Waals surface area contributed by atoms with Gasteiger partial charge in [0.1, 0.15) is 13.2 Å². The van der Waals surface area contributed by atoms with Crippen LogP contribution in [0.4, 0.5) is 0 Å². The number of unbranched alkanes of at least 4 members (excludes halogenated alkanes) is 28. The molecule has 9 heteroatoms. The van der Waals surface area contributed by atoms with Crippen LogP contribution in [0.5, 0.6) is 0 Å². The van der Waals surface area contributed by atoms with Crippen molar-refractivity contribution in [3.63, 3.8) is 0 Å². The summed E-state index contributed by atoms with van der Waals surface area (Å²) >= 11 is 0. The number of carboxylic acid groups (broad SMARTS) is 1. The summed E-state index contributed by atoms with van der Waals surface area (Å²) in [5.41, 5.74) is 0. The number of hydrogen-bond acceptors (Lipinski definition) is 7. The maximum atomic E-state index is 12.9. The number of rotatable bonds is 59. The first-order valence-corrected chi connectivity index (χ1v) is 32.4. The lowest BCUT2D eigenvalue weighted by Crippen LogP contribution is -2.40. The average Bonchev–Trinajstić information content (AvgIpc) is 3.42. The molecule has 79 heavy (non-hydrogen) atoms. The highest BCUT2D eigenvalue weighted by atomic mass is 16.7. The monoisotopic (exact) mass is 1100 g/mol. The Morgan fingerprint density at radius 3 is 1.01 bits per heavy atom. The zero-order valence-corrected chi connectivity index (χ0v) is 51.8. The number of carbonyl (C=O) groups is 3. The Hall–Kier alpha value is -3.79. The van der Waals surface area contributed by atoms with Gasteiger partial charge in [0, 0.05) is 12.8 Å². The number of likely N-dealkylation sites (N-methyl/N-ethyl adjacent to an activating group) is 1. The molecule has 0 saturated heterocycles. The van der Waals surface area contributed by atoms with E-state index in [4.69, 9.17) is 18.9 Å². The van der Waals surface area contributed by atoms with Gasteiger partial charge in [-0.1, -0.05) is 265 Å². The third kappa shape index (κ3) is 61.7. The van der Waals surface area contributed by atoms with Crippen LogP contribution in [0.1, 0.15) is 271 Å². The maximum Gasteiger partial charge on any atom is 0.361 e. The number of allylic oxidation sites excluding steroid dienone is 16. The van der Waals surface area contributed by atoms with Crippen molar-refractivity contribution in [2.24, 2.45) is 0 Å². The summed E-state index contributed by atoms with van der Waals surface area (Å²) in [6.07, 6.45) is 79.3. The minimum atomic E-state index is -1.52. The van der Waals surface area contributed by atoms with E-state index in [9.17, 15) is 19.5 Å². The van der Waals surface area contributed by atoms with E-state index in [1.165, 1.54) is 141 Å². The molecule has 0 fully saturated rings. The van der Waals surface area contributed by atoms with Crippen LogP contribution in [-0.4, -0.2) is 87.4 Å². The van der Waals surface area contributed by atoms with Crippen molar-refractivity contribution >= 4 is 17.9 Å². The molecular weight excluding hydrogens is 983 g/mol. The second-order valence-electron chi connectivity index (χ2n) is 22.7. The van der Waals surface area contributed by atoms with E-state index < -0.39 is 24.3 Å². The molecule has 2 unspecified atom stereocenters. The van der Waals surface area contributed by atoms with Gasteiger partial charge in [0.2, 0.25) is 0 Å². The highest BCUT2D eigenvalue weighted by molar-refractivity contribution is 5.71. The number of esters is 2. The van der Waals surface area contributed by atoms with Crippen molar-refractivity contribution in [1.29, 1.82) is 0 Å². The van der Waals surface area contributed by atoms with Crippen molar-refractivity contribution in [2.75, 3.05) is 47.5 Å². The molecule has 2 atom stereocenters. The second kappa shape index (κ2) is 60.3. The molecule has 0 amide bonds. The van der Waals surface area contributed by atoms with Crippen LogP contribution in [0, 0.1) is 0 Å². The Balaban J connectivity index is 4.12. The molecule has 0 spiro atoms. The molecule has 0 aliphatic carbocycles. The van der Waals surface area contributed by atoms with Crippen LogP contribution in [-0.2, 0) is 33.3 Å². The Kier molecular flexibility index (Phi) is 57.4. The lowest BCUT2D eigenvalue weighted by molar-refractivity contribution is -0.870. The van der Waals surface area contributed by atoms with E-state index in [1.807, 2.05) is 21.1 Å². The van der Waals surface area contributed by atoms with E-state index in [-0.39, 0.29) is 32.2 Å². The number of nitrogens with zero attached hydrogens (tertiary/aromatic N) is 1. The lowest BCUT2D eigenvalue weighted by atomic mass is 10.0. The van der Waals surface area contributed by atoms with E-state index in [0.29, 0.717) is 17.4 Å². The number of aliphatic carboxylic acids is 1. The van der Waals surface area contributed by atoms with Gasteiger partial charge in [-0.25, -0.2) is 4.79 Å². The van der Waals surface area contributed by atoms with Gasteiger partial charge in [-0.2, -0.15) is 0 Å². The van der Waals surface area contributed by atoms with Crippen molar-refractivity contribution < 1.29 is 42.9 Å². The van der Waals surface area contributed by atoms with Crippen LogP contribution in [0.3, 0.4) is 0 Å². The van der Waals surface area contributed by atoms with Gasteiger partial charge < -0.3 is 28.5 Å². The summed E-state index contributed by atoms with van der Waals surface area (Å²) < 4.78 is 22.9. The summed E-state index contributed by atoms with van der Waals surface area (Å²) in [6, 6.07) is 0. The Labute approximate surface area is 486 Å². The number of ether oxygens (including phenoxy) is 4. The molecule has 0 rings (SSSR count). The molecule has 0 saturated carbocycles. The Morgan fingerprint density at radius 1 is 0.380 bits per heavy atom. The topological polar surface area (TPSA) is 108 Å². The number of quaternary nitrogens is 1. The summed E-state index contributed by atoms with van der Waals surface area (Å²) in [4.78, 5) is 37.5. The molecule has 0 aromatic heterocycles. The molecule has 0 aromatic carbocycles. The molecule has 0 bridgehead atoms. The molecule has 0 radical (unpaired) electrons. The summed E-state index contributed by atoms with van der Waals surface area (Å²) in [5, 5.41) is 9.73. The van der Waals surface area contributed by atoms with Gasteiger partial charge in [-0.3, -0.25) is 9.59 Å². The van der Waals surface area contributed by atoms with Gasteiger partial charge in [0.05, 0.1) is 34.4 Å².